The Kier molecular flexibility index (Phi) is 3.53. The molecule has 1 N–H and O–H groups in total. The lowest BCUT2D eigenvalue weighted by atomic mass is 10.7. The summed E-state index contributed by atoms with van der Waals surface area (Å²) in [5, 5.41) is -3.88. The van der Waals surface area contributed by atoms with Crippen molar-refractivity contribution in [2.24, 2.45) is 0 Å². The number of hydrogen-bond donors (Lipinski definition) is 1. The predicted molar refractivity (Wildman–Crippen MR) is 32.4 cm³/mol. The number of hydrogen-bond acceptors (Lipinski definition) is 3. The van der Waals surface area contributed by atoms with Crippen molar-refractivity contribution < 1.29 is 27.1 Å². The lowest BCUT2D eigenvalue weighted by Gasteiger charge is -2.10. The molecule has 0 rings (SSSR count). The zero-order valence-electron chi connectivity index (χ0n) is 5.54. The van der Waals surface area contributed by atoms with Gasteiger partial charge in [-0.05, 0) is 0 Å². The van der Waals surface area contributed by atoms with E-state index in [1.54, 1.807) is 0 Å². The maximum atomic E-state index is 12.1. The van der Waals surface area contributed by atoms with Gasteiger partial charge in [-0.3, -0.25) is 4.79 Å². The van der Waals surface area contributed by atoms with Gasteiger partial charge in [-0.1, -0.05) is 0 Å². The van der Waals surface area contributed by atoms with Crippen molar-refractivity contribution in [1.29, 1.82) is 0 Å². The summed E-state index contributed by atoms with van der Waals surface area (Å²) in [6.07, 6.45) is 0. The van der Waals surface area contributed by atoms with Gasteiger partial charge in [-0.2, -0.15) is 8.78 Å². The third kappa shape index (κ3) is 3.99. The maximum absolute atomic E-state index is 12.1. The topological polar surface area (TPSA) is 63.6 Å². The summed E-state index contributed by atoms with van der Waals surface area (Å²) in [5.74, 6) is -0.921. The second-order valence-corrected chi connectivity index (χ2v) is 2.76. The summed E-state index contributed by atoms with van der Waals surface area (Å²) >= 11 is -3.30. The Labute approximate surface area is 63.8 Å². The van der Waals surface area contributed by atoms with Crippen LogP contribution in [-0.2, 0) is 20.6 Å². The molecule has 0 aliphatic rings. The van der Waals surface area contributed by atoms with Gasteiger partial charge >= 0.3 is 11.2 Å². The first-order valence-electron chi connectivity index (χ1n) is 2.48. The molecule has 0 aliphatic carbocycles. The van der Waals surface area contributed by atoms with Crippen LogP contribution in [0.4, 0.5) is 8.78 Å². The van der Waals surface area contributed by atoms with Gasteiger partial charge in [-0.15, -0.1) is 0 Å². The number of alkyl halides is 2. The Bertz CT molecular complexity index is 181. The van der Waals surface area contributed by atoms with E-state index in [1.165, 1.54) is 0 Å². The zero-order valence-corrected chi connectivity index (χ0v) is 6.36. The Morgan fingerprint density at radius 1 is 1.73 bits per heavy atom. The van der Waals surface area contributed by atoms with Crippen LogP contribution in [0, 0.1) is 0 Å². The van der Waals surface area contributed by atoms with Crippen LogP contribution in [0.1, 0.15) is 6.92 Å². The van der Waals surface area contributed by atoms with Gasteiger partial charge in [-0.25, -0.2) is 4.21 Å². The Morgan fingerprint density at radius 3 is 2.45 bits per heavy atom. The van der Waals surface area contributed by atoms with Crippen molar-refractivity contribution in [3.05, 3.63) is 0 Å². The molecule has 0 aromatic carbocycles. The van der Waals surface area contributed by atoms with Crippen LogP contribution in [0.5, 0.6) is 0 Å². The summed E-state index contributed by atoms with van der Waals surface area (Å²) in [6, 6.07) is 0. The van der Waals surface area contributed by atoms with Crippen LogP contribution >= 0.6 is 0 Å². The molecule has 4 nitrogen and oxygen atoms in total. The highest BCUT2D eigenvalue weighted by Crippen LogP contribution is 2.16. The minimum atomic E-state index is -3.88. The van der Waals surface area contributed by atoms with Crippen molar-refractivity contribution in [2.75, 3.05) is 6.61 Å². The van der Waals surface area contributed by atoms with E-state index in [-0.39, 0.29) is 0 Å². The molecule has 0 aromatic rings. The molecule has 0 radical (unpaired) electrons. The third-order valence-electron chi connectivity index (χ3n) is 0.699. The van der Waals surface area contributed by atoms with Gasteiger partial charge in [0.05, 0.1) is 0 Å². The number of rotatable bonds is 3. The lowest BCUT2D eigenvalue weighted by molar-refractivity contribution is -0.146. The van der Waals surface area contributed by atoms with Crippen LogP contribution in [0.3, 0.4) is 0 Å². The summed E-state index contributed by atoms with van der Waals surface area (Å²) in [4.78, 5) is 9.98. The summed E-state index contributed by atoms with van der Waals surface area (Å²) in [6.45, 7) is -0.443. The van der Waals surface area contributed by atoms with Gasteiger partial charge in [0.2, 0.25) is 11.1 Å². The molecule has 0 fully saturated rings. The van der Waals surface area contributed by atoms with Crippen LogP contribution in [0.15, 0.2) is 0 Å². The Morgan fingerprint density at radius 2 is 2.18 bits per heavy atom. The molecule has 0 aliphatic heterocycles. The molecule has 0 spiro atoms. The largest absolute Gasteiger partial charge is 0.458 e. The molecule has 0 saturated heterocycles. The Hall–Kier alpha value is -0.560. The predicted octanol–water partition coefficient (Wildman–Crippen LogP) is 0.364. The van der Waals surface area contributed by atoms with Crippen molar-refractivity contribution in [2.45, 2.75) is 12.2 Å². The molecule has 7 heteroatoms. The van der Waals surface area contributed by atoms with E-state index in [4.69, 9.17) is 4.55 Å². The molecule has 0 aromatic heterocycles. The molecule has 0 saturated carbocycles. The van der Waals surface area contributed by atoms with Crippen molar-refractivity contribution in [3.8, 4) is 0 Å². The average molecular weight is 188 g/mol. The first kappa shape index (κ1) is 10.4. The zero-order chi connectivity index (χ0) is 9.07. The number of carbonyl (C=O) groups is 1. The highest BCUT2D eigenvalue weighted by molar-refractivity contribution is 7.80. The van der Waals surface area contributed by atoms with Gasteiger partial charge in [0.15, 0.2) is 6.61 Å². The Balaban J connectivity index is 3.92. The maximum Gasteiger partial charge on any atom is 0.378 e. The number of esters is 1. The fourth-order valence-electron chi connectivity index (χ4n) is 0.236. The monoisotopic (exact) mass is 188 g/mol. The molecule has 0 bridgehead atoms. The molecule has 11 heavy (non-hydrogen) atoms. The van der Waals surface area contributed by atoms with Gasteiger partial charge in [0.1, 0.15) is 0 Å². The number of carbonyl (C=O) groups excluding carboxylic acids is 1. The van der Waals surface area contributed by atoms with E-state index in [0.29, 0.717) is 0 Å². The smallest absolute Gasteiger partial charge is 0.378 e. The third-order valence-corrected chi connectivity index (χ3v) is 1.33. The van der Waals surface area contributed by atoms with E-state index >= 15 is 0 Å². The van der Waals surface area contributed by atoms with E-state index in [0.717, 1.165) is 6.92 Å². The van der Waals surface area contributed by atoms with E-state index < -0.39 is 28.9 Å². The van der Waals surface area contributed by atoms with Gasteiger partial charge < -0.3 is 9.29 Å². The fourth-order valence-corrected chi connectivity index (χ4v) is 0.396. The van der Waals surface area contributed by atoms with Gasteiger partial charge in [0, 0.05) is 6.92 Å². The van der Waals surface area contributed by atoms with Crippen LogP contribution < -0.4 is 0 Å². The van der Waals surface area contributed by atoms with Crippen molar-refractivity contribution in [1.82, 2.24) is 0 Å². The van der Waals surface area contributed by atoms with E-state index in [1.807, 2.05) is 0 Å². The second kappa shape index (κ2) is 3.72. The molecular formula is C4H6F2O4S. The quantitative estimate of drug-likeness (QED) is 0.513. The highest BCUT2D eigenvalue weighted by atomic mass is 32.2. The SMILES string of the molecule is CC(=O)OCC(F)(F)S(=O)O. The molecule has 0 heterocycles. The normalized spacial score (nSPS) is 14.2. The van der Waals surface area contributed by atoms with E-state index in [9.17, 15) is 17.8 Å². The molecule has 1 atom stereocenters. The first-order chi connectivity index (χ1) is 4.86. The highest BCUT2D eigenvalue weighted by Gasteiger charge is 2.38. The van der Waals surface area contributed by atoms with Crippen molar-refractivity contribution in [3.63, 3.8) is 0 Å². The fraction of sp³-hybridized carbons (Fsp3) is 0.750. The van der Waals surface area contributed by atoms with Crippen LogP contribution in [-0.4, -0.2) is 26.6 Å². The second-order valence-electron chi connectivity index (χ2n) is 1.67. The summed E-state index contributed by atoms with van der Waals surface area (Å²) in [7, 11) is 0. The first-order valence-corrected chi connectivity index (χ1v) is 3.59. The molecule has 1 unspecified atom stereocenters. The molecule has 0 amide bonds. The van der Waals surface area contributed by atoms with Gasteiger partial charge in [0.25, 0.3) is 0 Å². The minimum Gasteiger partial charge on any atom is -0.458 e. The molecular weight excluding hydrogens is 182 g/mol. The van der Waals surface area contributed by atoms with Crippen LogP contribution in [0.25, 0.3) is 0 Å². The van der Waals surface area contributed by atoms with Crippen LogP contribution in [0.2, 0.25) is 0 Å². The average Bonchev–Trinajstić information content (AvgIpc) is 1.84. The summed E-state index contributed by atoms with van der Waals surface area (Å²) < 4.78 is 45.7. The standard InChI is InChI=1S/C4H6F2O4S/c1-3(7)10-2-4(5,6)11(8)9/h2H2,1H3,(H,8,9). The lowest BCUT2D eigenvalue weighted by Crippen LogP contribution is -2.29. The van der Waals surface area contributed by atoms with E-state index in [2.05, 4.69) is 4.74 Å². The number of ether oxygens (including phenoxy) is 1. The van der Waals surface area contributed by atoms with Crippen molar-refractivity contribution >= 4 is 17.0 Å². The minimum absolute atomic E-state index is 0.921. The number of halogens is 2. The molecule has 66 valence electrons. The summed E-state index contributed by atoms with van der Waals surface area (Å²) in [5.41, 5.74) is 0.